The maximum Gasteiger partial charge on any atom is 0.168 e. The molecule has 4 unspecified atom stereocenters. The van der Waals surface area contributed by atoms with Crippen LogP contribution in [-0.4, -0.2) is 36.1 Å². The van der Waals surface area contributed by atoms with Crippen molar-refractivity contribution in [1.82, 2.24) is 0 Å². The molecule has 0 spiro atoms. The van der Waals surface area contributed by atoms with Crippen LogP contribution < -0.4 is 5.26 Å². The minimum absolute atomic E-state index is 0.208. The lowest BCUT2D eigenvalue weighted by atomic mass is 9.91. The predicted molar refractivity (Wildman–Crippen MR) is 38.0 cm³/mol. The molecule has 0 N–H and O–H groups in total. The Hall–Kier alpha value is -0.120. The van der Waals surface area contributed by atoms with Crippen molar-refractivity contribution in [2.24, 2.45) is 0 Å². The Morgan fingerprint density at radius 1 is 0.800 bits per heavy atom. The van der Waals surface area contributed by atoms with E-state index >= 15 is 0 Å². The standard InChI is InChI=1S/C6H7F5O3S/c7-1-2(8)4(10)6(15-14-13-12)5(11)3(1)9/h1-6,12H/p-1. The number of rotatable bonds is 3. The highest BCUT2D eigenvalue weighted by Gasteiger charge is 2.54. The summed E-state index contributed by atoms with van der Waals surface area (Å²) in [7, 11) is 0. The summed E-state index contributed by atoms with van der Waals surface area (Å²) in [5, 5.41) is 10.2. The summed E-state index contributed by atoms with van der Waals surface area (Å²) in [6.45, 7) is 0. The molecule has 0 amide bonds. The van der Waals surface area contributed by atoms with Crippen LogP contribution in [0.3, 0.4) is 0 Å². The molecular formula is C6H6F5O3S-. The largest absolute Gasteiger partial charge is 0.691 e. The zero-order chi connectivity index (χ0) is 11.6. The maximum absolute atomic E-state index is 13.0. The second-order valence-corrected chi connectivity index (χ2v) is 3.79. The zero-order valence-corrected chi connectivity index (χ0v) is 7.80. The van der Waals surface area contributed by atoms with Gasteiger partial charge in [0.1, 0.15) is 5.25 Å². The van der Waals surface area contributed by atoms with Gasteiger partial charge in [-0.2, -0.15) is 4.33 Å². The molecule has 1 rings (SSSR count). The van der Waals surface area contributed by atoms with Crippen molar-refractivity contribution in [2.75, 3.05) is 0 Å². The minimum atomic E-state index is -2.86. The van der Waals surface area contributed by atoms with E-state index in [-0.39, 0.29) is 12.0 Å². The first-order valence-corrected chi connectivity index (χ1v) is 4.63. The van der Waals surface area contributed by atoms with Crippen molar-refractivity contribution in [3.63, 3.8) is 0 Å². The van der Waals surface area contributed by atoms with Crippen LogP contribution in [0.1, 0.15) is 0 Å². The average molecular weight is 253 g/mol. The Morgan fingerprint density at radius 2 is 1.20 bits per heavy atom. The van der Waals surface area contributed by atoms with Crippen molar-refractivity contribution in [3.05, 3.63) is 0 Å². The van der Waals surface area contributed by atoms with E-state index in [1.54, 1.807) is 0 Å². The Bertz CT molecular complexity index is 195. The second-order valence-electron chi connectivity index (χ2n) is 2.92. The molecule has 0 aromatic carbocycles. The third kappa shape index (κ3) is 2.52. The zero-order valence-electron chi connectivity index (χ0n) is 6.99. The van der Waals surface area contributed by atoms with E-state index in [0.717, 1.165) is 0 Å². The summed E-state index contributed by atoms with van der Waals surface area (Å²) in [6.07, 6.45) is -13.7. The molecule has 9 heteroatoms. The smallest absolute Gasteiger partial charge is 0.168 e. The molecule has 1 fully saturated rings. The maximum atomic E-state index is 13.0. The fourth-order valence-electron chi connectivity index (χ4n) is 1.23. The van der Waals surface area contributed by atoms with Crippen LogP contribution in [0.25, 0.3) is 0 Å². The molecule has 0 aromatic heterocycles. The van der Waals surface area contributed by atoms with Crippen LogP contribution in [0.4, 0.5) is 22.0 Å². The summed E-state index contributed by atoms with van der Waals surface area (Å²) in [4.78, 5) is 0. The first kappa shape index (κ1) is 12.9. The molecule has 0 bridgehead atoms. The predicted octanol–water partition coefficient (Wildman–Crippen LogP) is 0.931. The Morgan fingerprint density at radius 3 is 1.60 bits per heavy atom. The van der Waals surface area contributed by atoms with E-state index in [1.165, 1.54) is 0 Å². The lowest BCUT2D eigenvalue weighted by Crippen LogP contribution is -2.55. The number of alkyl halides is 5. The van der Waals surface area contributed by atoms with Gasteiger partial charge in [-0.25, -0.2) is 22.0 Å². The number of hydrogen-bond acceptors (Lipinski definition) is 4. The van der Waals surface area contributed by atoms with E-state index in [1.807, 2.05) is 0 Å². The second kappa shape index (κ2) is 5.28. The molecular weight excluding hydrogens is 247 g/mol. The minimum Gasteiger partial charge on any atom is -0.691 e. The number of hydrogen-bond donors (Lipinski definition) is 0. The van der Waals surface area contributed by atoms with Crippen molar-refractivity contribution in [3.8, 4) is 0 Å². The highest BCUT2D eigenvalue weighted by Crippen LogP contribution is 2.38. The van der Waals surface area contributed by atoms with Gasteiger partial charge in [0.2, 0.25) is 0 Å². The summed E-state index contributed by atoms with van der Waals surface area (Å²) in [5.41, 5.74) is 0. The molecule has 15 heavy (non-hydrogen) atoms. The highest BCUT2D eigenvalue weighted by molar-refractivity contribution is 7.95. The molecule has 0 radical (unpaired) electrons. The van der Waals surface area contributed by atoms with Crippen molar-refractivity contribution < 1.29 is 36.6 Å². The average Bonchev–Trinajstić information content (AvgIpc) is 2.24. The molecule has 1 saturated carbocycles. The van der Waals surface area contributed by atoms with Gasteiger partial charge in [0.05, 0.1) is 0 Å². The third-order valence-corrected chi connectivity index (χ3v) is 2.90. The Balaban J connectivity index is 2.68. The van der Waals surface area contributed by atoms with E-state index in [2.05, 4.69) is 9.37 Å². The van der Waals surface area contributed by atoms with Gasteiger partial charge in [0.15, 0.2) is 30.9 Å². The van der Waals surface area contributed by atoms with Crippen molar-refractivity contribution in [2.45, 2.75) is 36.1 Å². The van der Waals surface area contributed by atoms with Crippen molar-refractivity contribution in [1.29, 1.82) is 0 Å². The van der Waals surface area contributed by atoms with Gasteiger partial charge in [0.25, 0.3) is 0 Å². The van der Waals surface area contributed by atoms with Crippen LogP contribution in [0, 0.1) is 0 Å². The van der Waals surface area contributed by atoms with Crippen LogP contribution in [-0.2, 0) is 9.37 Å². The van der Waals surface area contributed by atoms with Crippen LogP contribution in [0.2, 0.25) is 0 Å². The third-order valence-electron chi connectivity index (χ3n) is 2.02. The van der Waals surface area contributed by atoms with Crippen LogP contribution in [0.15, 0.2) is 0 Å². The highest BCUT2D eigenvalue weighted by atomic mass is 32.2. The molecule has 3 nitrogen and oxygen atoms in total. The lowest BCUT2D eigenvalue weighted by molar-refractivity contribution is -0.777. The topological polar surface area (TPSA) is 41.5 Å². The fourth-order valence-corrected chi connectivity index (χ4v) is 1.87. The molecule has 90 valence electrons. The first-order chi connectivity index (χ1) is 7.00. The van der Waals surface area contributed by atoms with Crippen LogP contribution in [0.5, 0.6) is 0 Å². The van der Waals surface area contributed by atoms with E-state index < -0.39 is 36.1 Å². The van der Waals surface area contributed by atoms with Gasteiger partial charge in [0, 0.05) is 12.0 Å². The SMILES string of the molecule is [O-]OOSC1C(F)C(F)C(F)C(F)C1F. The van der Waals surface area contributed by atoms with E-state index in [4.69, 9.17) is 0 Å². The fraction of sp³-hybridized carbons (Fsp3) is 1.00. The molecule has 4 atom stereocenters. The van der Waals surface area contributed by atoms with Gasteiger partial charge in [-0.05, 0) is 0 Å². The summed E-state index contributed by atoms with van der Waals surface area (Å²) >= 11 is -0.208. The van der Waals surface area contributed by atoms with Gasteiger partial charge in [-0.3, -0.25) is 5.04 Å². The Labute approximate surface area is 85.6 Å². The van der Waals surface area contributed by atoms with Crippen LogP contribution >= 0.6 is 12.0 Å². The Kier molecular flexibility index (Phi) is 4.56. The normalized spacial score (nSPS) is 46.8. The monoisotopic (exact) mass is 253 g/mol. The van der Waals surface area contributed by atoms with Gasteiger partial charge in [-0.15, -0.1) is 0 Å². The molecule has 1 aliphatic rings. The molecule has 0 aromatic rings. The van der Waals surface area contributed by atoms with Gasteiger partial charge < -0.3 is 5.26 Å². The van der Waals surface area contributed by atoms with E-state index in [0.29, 0.717) is 0 Å². The quantitative estimate of drug-likeness (QED) is 0.325. The first-order valence-electron chi connectivity index (χ1n) is 3.83. The lowest BCUT2D eigenvalue weighted by Gasteiger charge is -2.34. The summed E-state index contributed by atoms with van der Waals surface area (Å²) in [6, 6.07) is 0. The van der Waals surface area contributed by atoms with Crippen molar-refractivity contribution >= 4 is 12.0 Å². The molecule has 0 aliphatic heterocycles. The summed E-state index contributed by atoms with van der Waals surface area (Å²) in [5.74, 6) is 0. The van der Waals surface area contributed by atoms with Gasteiger partial charge in [-0.1, -0.05) is 0 Å². The summed E-state index contributed by atoms with van der Waals surface area (Å²) < 4.78 is 67.5. The molecule has 0 saturated heterocycles. The molecule has 0 heterocycles. The number of halogens is 5. The van der Waals surface area contributed by atoms with Gasteiger partial charge >= 0.3 is 0 Å². The molecule has 1 aliphatic carbocycles. The van der Waals surface area contributed by atoms with E-state index in [9.17, 15) is 27.2 Å².